The minimum Gasteiger partial charge on any atom is -0.462 e. The number of rotatable bonds is 76. The van der Waals surface area contributed by atoms with Crippen molar-refractivity contribution < 1.29 is 80.2 Å². The first kappa shape index (κ1) is 96.5. The van der Waals surface area contributed by atoms with E-state index in [4.69, 9.17) is 37.0 Å². The average Bonchev–Trinajstić information content (AvgIpc) is 1.01. The highest BCUT2D eigenvalue weighted by atomic mass is 31.2. The molecule has 17 nitrogen and oxygen atoms in total. The second-order valence-corrected chi connectivity index (χ2v) is 29.9. The highest BCUT2D eigenvalue weighted by molar-refractivity contribution is 7.47. The lowest BCUT2D eigenvalue weighted by molar-refractivity contribution is -0.161. The molecule has 0 aromatic heterocycles. The molecule has 0 radical (unpaired) electrons. The zero-order valence-electron chi connectivity index (χ0n) is 63.6. The third-order valence-corrected chi connectivity index (χ3v) is 19.1. The maximum Gasteiger partial charge on any atom is 0.472 e. The molecule has 0 aliphatic heterocycles. The Hall–Kier alpha value is -3.50. The Kier molecular flexibility index (Phi) is 71.2. The van der Waals surface area contributed by atoms with E-state index in [9.17, 15) is 43.2 Å². The summed E-state index contributed by atoms with van der Waals surface area (Å²) in [6.07, 6.45) is 74.4. The lowest BCUT2D eigenvalue weighted by Crippen LogP contribution is -2.30. The summed E-state index contributed by atoms with van der Waals surface area (Å²) in [6, 6.07) is 0. The van der Waals surface area contributed by atoms with E-state index in [1.165, 1.54) is 122 Å². The number of unbranched alkanes of at least 4 members (excludes halogenated alkanes) is 38. The molecule has 0 aliphatic carbocycles. The molecular formula is C81H146O17P2. The Balaban J connectivity index is 5.36. The first-order valence-corrected chi connectivity index (χ1v) is 43.2. The van der Waals surface area contributed by atoms with Crippen LogP contribution in [0.3, 0.4) is 0 Å². The molecule has 0 heterocycles. The van der Waals surface area contributed by atoms with Crippen LogP contribution >= 0.6 is 15.6 Å². The maximum atomic E-state index is 13.1. The standard InChI is InChI=1S/C81H146O17P2/c1-5-9-13-17-21-25-29-33-37-41-45-49-53-57-61-65-78(83)91-71-76(97-80(85)67-63-59-55-51-47-43-39-35-31-27-23-19-15-11-7-3)73-95-99(87,88)93-69-75(82)70-94-100(89,90)96-74-77(98-81(86)68-64-60-56-52-48-44-40-36-32-28-24-20-16-12-8-4)72-92-79(84)66-62-58-54-50-46-42-38-34-30-26-22-18-14-10-6-2/h9,13,21-22,25-26,33-35,37-39,75-77,82H,5-8,10-12,14-20,23-24,27-32,36,40-74H2,1-4H3,(H,87,88)(H,89,90)/b13-9-,25-21-,26-22-,37-33-,38-34-,39-35-. The van der Waals surface area contributed by atoms with E-state index in [1.54, 1.807) is 0 Å². The molecule has 0 aromatic carbocycles. The van der Waals surface area contributed by atoms with Gasteiger partial charge in [0.15, 0.2) is 12.2 Å². The summed E-state index contributed by atoms with van der Waals surface area (Å²) in [5.41, 5.74) is 0. The van der Waals surface area contributed by atoms with E-state index in [1.807, 2.05) is 0 Å². The van der Waals surface area contributed by atoms with Gasteiger partial charge in [0.05, 0.1) is 26.4 Å². The summed E-state index contributed by atoms with van der Waals surface area (Å²) in [7, 11) is -9.95. The number of aliphatic hydroxyl groups is 1. The van der Waals surface area contributed by atoms with Gasteiger partial charge in [-0.15, -0.1) is 0 Å². The van der Waals surface area contributed by atoms with Crippen LogP contribution in [0.5, 0.6) is 0 Å². The molecule has 0 aromatic rings. The second kappa shape index (κ2) is 73.8. The fourth-order valence-corrected chi connectivity index (χ4v) is 12.6. The van der Waals surface area contributed by atoms with Gasteiger partial charge >= 0.3 is 39.5 Å². The largest absolute Gasteiger partial charge is 0.472 e. The van der Waals surface area contributed by atoms with Crippen molar-refractivity contribution >= 4 is 39.5 Å². The van der Waals surface area contributed by atoms with Crippen LogP contribution < -0.4 is 0 Å². The van der Waals surface area contributed by atoms with Gasteiger partial charge in [-0.2, -0.15) is 0 Å². The Morgan fingerprint density at radius 3 is 0.830 bits per heavy atom. The van der Waals surface area contributed by atoms with Crippen molar-refractivity contribution in [2.75, 3.05) is 39.6 Å². The molecule has 582 valence electrons. The molecule has 5 unspecified atom stereocenters. The highest BCUT2D eigenvalue weighted by Crippen LogP contribution is 2.45. The number of aliphatic hydroxyl groups excluding tert-OH is 1. The van der Waals surface area contributed by atoms with Crippen molar-refractivity contribution in [1.29, 1.82) is 0 Å². The number of phosphoric ester groups is 2. The van der Waals surface area contributed by atoms with E-state index in [0.29, 0.717) is 25.7 Å². The summed E-state index contributed by atoms with van der Waals surface area (Å²) in [5.74, 6) is -2.19. The molecule has 0 fully saturated rings. The van der Waals surface area contributed by atoms with Gasteiger partial charge < -0.3 is 33.8 Å². The van der Waals surface area contributed by atoms with Gasteiger partial charge in [-0.3, -0.25) is 37.3 Å². The predicted octanol–water partition coefficient (Wildman–Crippen LogP) is 23.2. The Labute approximate surface area is 609 Å². The molecule has 0 aliphatic rings. The summed E-state index contributed by atoms with van der Waals surface area (Å²) < 4.78 is 68.6. The molecule has 0 saturated carbocycles. The first-order chi connectivity index (χ1) is 48.7. The zero-order chi connectivity index (χ0) is 73.2. The molecule has 100 heavy (non-hydrogen) atoms. The van der Waals surface area contributed by atoms with Crippen molar-refractivity contribution in [3.05, 3.63) is 72.9 Å². The Morgan fingerprint density at radius 1 is 0.290 bits per heavy atom. The molecule has 19 heteroatoms. The van der Waals surface area contributed by atoms with Crippen LogP contribution in [0, 0.1) is 0 Å². The summed E-state index contributed by atoms with van der Waals surface area (Å²) >= 11 is 0. The summed E-state index contributed by atoms with van der Waals surface area (Å²) in [4.78, 5) is 73.0. The third kappa shape index (κ3) is 72.8. The van der Waals surface area contributed by atoms with E-state index in [2.05, 4.69) is 101 Å². The fourth-order valence-electron chi connectivity index (χ4n) is 11.0. The van der Waals surface area contributed by atoms with Gasteiger partial charge in [0, 0.05) is 25.7 Å². The SMILES string of the molecule is CC/C=C\C/C=C\C/C=C\CCCCCCCC(=O)OCC(COP(=O)(O)OCC(O)COP(=O)(O)OCC(COC(=O)CCCCCCC/C=C\C/C=C\CCCCC)OC(=O)CCCCCCCCCCCCCCCCC)OC(=O)CCCCCCC/C=C\CCCCCCCC. The van der Waals surface area contributed by atoms with Crippen LogP contribution in [0.2, 0.25) is 0 Å². The fraction of sp³-hybridized carbons (Fsp3) is 0.802. The lowest BCUT2D eigenvalue weighted by Gasteiger charge is -2.21. The molecular weight excluding hydrogens is 1310 g/mol. The third-order valence-electron chi connectivity index (χ3n) is 17.2. The first-order valence-electron chi connectivity index (χ1n) is 40.2. The average molecular weight is 1450 g/mol. The highest BCUT2D eigenvalue weighted by Gasteiger charge is 2.30. The van der Waals surface area contributed by atoms with Crippen molar-refractivity contribution in [3.63, 3.8) is 0 Å². The van der Waals surface area contributed by atoms with Crippen LogP contribution in [0.1, 0.15) is 362 Å². The minimum atomic E-state index is -4.98. The maximum absolute atomic E-state index is 13.1. The van der Waals surface area contributed by atoms with Crippen LogP contribution in [0.15, 0.2) is 72.9 Å². The van der Waals surface area contributed by atoms with Crippen LogP contribution in [0.4, 0.5) is 0 Å². The van der Waals surface area contributed by atoms with Gasteiger partial charge in [0.25, 0.3) is 0 Å². The van der Waals surface area contributed by atoms with Gasteiger partial charge in [0.2, 0.25) is 0 Å². The number of phosphoric acid groups is 2. The van der Waals surface area contributed by atoms with E-state index >= 15 is 0 Å². The molecule has 0 saturated heterocycles. The number of hydrogen-bond acceptors (Lipinski definition) is 15. The second-order valence-electron chi connectivity index (χ2n) is 27.0. The van der Waals surface area contributed by atoms with Crippen LogP contribution in [-0.4, -0.2) is 96.7 Å². The van der Waals surface area contributed by atoms with Crippen LogP contribution in [-0.2, 0) is 65.4 Å². The Bertz CT molecular complexity index is 2180. The zero-order valence-corrected chi connectivity index (χ0v) is 65.4. The normalized spacial score (nSPS) is 14.3. The van der Waals surface area contributed by atoms with Crippen molar-refractivity contribution in [2.45, 2.75) is 380 Å². The summed E-state index contributed by atoms with van der Waals surface area (Å²) in [5, 5.41) is 10.6. The van der Waals surface area contributed by atoms with Gasteiger partial charge in [-0.05, 0) is 116 Å². The minimum absolute atomic E-state index is 0.0837. The summed E-state index contributed by atoms with van der Waals surface area (Å²) in [6.45, 7) is 4.76. The number of hydrogen-bond donors (Lipinski definition) is 3. The molecule has 0 bridgehead atoms. The molecule has 0 rings (SSSR count). The molecule has 3 N–H and O–H groups in total. The Morgan fingerprint density at radius 2 is 0.520 bits per heavy atom. The van der Waals surface area contributed by atoms with Crippen molar-refractivity contribution in [3.8, 4) is 0 Å². The number of carbonyl (C=O) groups is 4. The monoisotopic (exact) mass is 1450 g/mol. The van der Waals surface area contributed by atoms with Gasteiger partial charge in [-0.1, -0.05) is 293 Å². The van der Waals surface area contributed by atoms with Crippen molar-refractivity contribution in [1.82, 2.24) is 0 Å². The van der Waals surface area contributed by atoms with E-state index in [-0.39, 0.29) is 25.7 Å². The predicted molar refractivity (Wildman–Crippen MR) is 409 cm³/mol. The molecule has 0 amide bonds. The number of carbonyl (C=O) groups excluding carboxylic acids is 4. The van der Waals surface area contributed by atoms with E-state index in [0.717, 1.165) is 161 Å². The number of allylic oxidation sites excluding steroid dienone is 12. The number of ether oxygens (including phenoxy) is 4. The topological polar surface area (TPSA) is 237 Å². The molecule has 5 atom stereocenters. The van der Waals surface area contributed by atoms with Crippen LogP contribution in [0.25, 0.3) is 0 Å². The lowest BCUT2D eigenvalue weighted by atomic mass is 10.0. The van der Waals surface area contributed by atoms with Gasteiger partial charge in [0.1, 0.15) is 19.3 Å². The van der Waals surface area contributed by atoms with Gasteiger partial charge in [-0.25, -0.2) is 9.13 Å². The quantitative estimate of drug-likeness (QED) is 0.0169. The van der Waals surface area contributed by atoms with Crippen molar-refractivity contribution in [2.24, 2.45) is 0 Å². The smallest absolute Gasteiger partial charge is 0.462 e. The molecule has 0 spiro atoms. The van der Waals surface area contributed by atoms with E-state index < -0.39 is 97.5 Å². The number of esters is 4.